The van der Waals surface area contributed by atoms with E-state index in [1.165, 1.54) is 11.3 Å². The van der Waals surface area contributed by atoms with Crippen LogP contribution in [0.25, 0.3) is 0 Å². The van der Waals surface area contributed by atoms with E-state index in [4.69, 9.17) is 9.47 Å². The van der Waals surface area contributed by atoms with Crippen LogP contribution in [-0.4, -0.2) is 25.3 Å². The quantitative estimate of drug-likeness (QED) is 0.931. The third-order valence-corrected chi connectivity index (χ3v) is 4.91. The Hall–Kier alpha value is -2.69. The highest BCUT2D eigenvalue weighted by atomic mass is 16.7. The average molecular weight is 338 g/mol. The first-order valence-corrected chi connectivity index (χ1v) is 8.70. The largest absolute Gasteiger partial charge is 0.454 e. The Bertz CT molecular complexity index is 790. The van der Waals surface area contributed by atoms with Crippen molar-refractivity contribution in [2.45, 2.75) is 32.4 Å². The number of benzene rings is 2. The topological polar surface area (TPSA) is 50.8 Å². The van der Waals surface area contributed by atoms with Crippen molar-refractivity contribution in [3.05, 3.63) is 53.6 Å². The summed E-state index contributed by atoms with van der Waals surface area (Å²) in [7, 11) is 0. The smallest absolute Gasteiger partial charge is 0.239 e. The summed E-state index contributed by atoms with van der Waals surface area (Å²) >= 11 is 0. The van der Waals surface area contributed by atoms with E-state index in [1.807, 2.05) is 24.3 Å². The standard InChI is InChI=1S/C20H22N2O3/c1-14-6-8-16-4-2-3-5-17(16)22(14)12-20(23)21-11-15-7-9-18-19(10-15)25-13-24-18/h2-5,7,9-10,14H,6,8,11-13H2,1H3,(H,21,23)/t14-/m1/s1. The molecule has 2 aliphatic rings. The van der Waals surface area contributed by atoms with E-state index in [9.17, 15) is 4.79 Å². The Morgan fingerprint density at radius 1 is 1.20 bits per heavy atom. The first kappa shape index (κ1) is 15.8. The van der Waals surface area contributed by atoms with E-state index in [2.05, 4.69) is 35.3 Å². The Morgan fingerprint density at radius 3 is 2.96 bits per heavy atom. The minimum absolute atomic E-state index is 0.0289. The predicted molar refractivity (Wildman–Crippen MR) is 96.0 cm³/mol. The van der Waals surface area contributed by atoms with Crippen LogP contribution in [-0.2, 0) is 17.8 Å². The minimum Gasteiger partial charge on any atom is -0.454 e. The van der Waals surface area contributed by atoms with Crippen molar-refractivity contribution in [3.8, 4) is 11.5 Å². The Morgan fingerprint density at radius 2 is 2.04 bits per heavy atom. The molecule has 1 N–H and O–H groups in total. The lowest BCUT2D eigenvalue weighted by atomic mass is 9.96. The van der Waals surface area contributed by atoms with Crippen LogP contribution in [0.4, 0.5) is 5.69 Å². The second kappa shape index (κ2) is 6.67. The molecule has 5 nitrogen and oxygen atoms in total. The molecule has 2 aromatic carbocycles. The molecule has 0 spiro atoms. The van der Waals surface area contributed by atoms with Crippen molar-refractivity contribution in [1.29, 1.82) is 0 Å². The van der Waals surface area contributed by atoms with Crippen LogP contribution in [0.15, 0.2) is 42.5 Å². The van der Waals surface area contributed by atoms with Crippen molar-refractivity contribution in [1.82, 2.24) is 5.32 Å². The monoisotopic (exact) mass is 338 g/mol. The van der Waals surface area contributed by atoms with Gasteiger partial charge in [0.1, 0.15) is 0 Å². The number of nitrogens with one attached hydrogen (secondary N) is 1. The molecule has 130 valence electrons. The predicted octanol–water partition coefficient (Wildman–Crippen LogP) is 2.87. The van der Waals surface area contributed by atoms with Gasteiger partial charge >= 0.3 is 0 Å². The number of aryl methyl sites for hydroxylation is 1. The van der Waals surface area contributed by atoms with Crippen LogP contribution in [0.5, 0.6) is 11.5 Å². The molecule has 25 heavy (non-hydrogen) atoms. The molecular weight excluding hydrogens is 316 g/mol. The summed E-state index contributed by atoms with van der Waals surface area (Å²) in [4.78, 5) is 14.7. The molecule has 2 aliphatic heterocycles. The summed E-state index contributed by atoms with van der Waals surface area (Å²) in [5, 5.41) is 3.01. The van der Waals surface area contributed by atoms with Gasteiger partial charge in [-0.05, 0) is 49.1 Å². The van der Waals surface area contributed by atoms with Crippen LogP contribution < -0.4 is 19.7 Å². The zero-order valence-corrected chi connectivity index (χ0v) is 14.3. The number of carbonyl (C=O) groups excluding carboxylic acids is 1. The number of anilines is 1. The van der Waals surface area contributed by atoms with Crippen LogP contribution in [0.2, 0.25) is 0 Å². The van der Waals surface area contributed by atoms with Crippen LogP contribution >= 0.6 is 0 Å². The number of ether oxygens (including phenoxy) is 2. The van der Waals surface area contributed by atoms with Crippen LogP contribution in [0.1, 0.15) is 24.5 Å². The Labute approximate surface area is 147 Å². The summed E-state index contributed by atoms with van der Waals surface area (Å²) < 4.78 is 10.7. The van der Waals surface area contributed by atoms with Crippen molar-refractivity contribution < 1.29 is 14.3 Å². The minimum atomic E-state index is 0.0289. The zero-order valence-electron chi connectivity index (χ0n) is 14.3. The van der Waals surface area contributed by atoms with Gasteiger partial charge in [-0.1, -0.05) is 24.3 Å². The van der Waals surface area contributed by atoms with Crippen molar-refractivity contribution in [2.75, 3.05) is 18.2 Å². The molecule has 0 aliphatic carbocycles. The van der Waals surface area contributed by atoms with Gasteiger partial charge in [0, 0.05) is 18.3 Å². The van der Waals surface area contributed by atoms with Crippen molar-refractivity contribution >= 4 is 11.6 Å². The highest BCUT2D eigenvalue weighted by molar-refractivity contribution is 5.82. The maximum absolute atomic E-state index is 12.5. The van der Waals surface area contributed by atoms with Gasteiger partial charge in [-0.2, -0.15) is 0 Å². The molecule has 0 aromatic heterocycles. The molecule has 0 unspecified atom stereocenters. The molecule has 0 radical (unpaired) electrons. The summed E-state index contributed by atoms with van der Waals surface area (Å²) in [6, 6.07) is 14.5. The lowest BCUT2D eigenvalue weighted by Gasteiger charge is -2.36. The lowest BCUT2D eigenvalue weighted by Crippen LogP contribution is -2.44. The molecular formula is C20H22N2O3. The van der Waals surface area contributed by atoms with Gasteiger partial charge < -0.3 is 19.7 Å². The number of rotatable bonds is 4. The number of hydrogen-bond donors (Lipinski definition) is 1. The SMILES string of the molecule is C[C@@H]1CCc2ccccc2N1CC(=O)NCc1ccc2c(c1)OCO2. The fourth-order valence-corrected chi connectivity index (χ4v) is 3.46. The van der Waals surface area contributed by atoms with Crippen molar-refractivity contribution in [3.63, 3.8) is 0 Å². The summed E-state index contributed by atoms with van der Waals surface area (Å²) in [5.74, 6) is 1.53. The summed E-state index contributed by atoms with van der Waals surface area (Å²) in [6.07, 6.45) is 2.15. The van der Waals surface area contributed by atoms with Gasteiger partial charge in [0.2, 0.25) is 12.7 Å². The second-order valence-electron chi connectivity index (χ2n) is 6.61. The van der Waals surface area contributed by atoms with Gasteiger partial charge in [0.15, 0.2) is 11.5 Å². The molecule has 0 fully saturated rings. The lowest BCUT2D eigenvalue weighted by molar-refractivity contribution is -0.120. The molecule has 0 bridgehead atoms. The number of fused-ring (bicyclic) bond motifs is 2. The van der Waals surface area contributed by atoms with E-state index in [0.717, 1.165) is 29.9 Å². The first-order chi connectivity index (χ1) is 12.2. The van der Waals surface area contributed by atoms with Gasteiger partial charge in [-0.3, -0.25) is 4.79 Å². The molecule has 0 saturated carbocycles. The molecule has 2 aromatic rings. The number of nitrogens with zero attached hydrogens (tertiary/aromatic N) is 1. The third-order valence-electron chi connectivity index (χ3n) is 4.91. The van der Waals surface area contributed by atoms with Gasteiger partial charge in [-0.15, -0.1) is 0 Å². The molecule has 0 saturated heterocycles. The van der Waals surface area contributed by atoms with Crippen LogP contribution in [0, 0.1) is 0 Å². The molecule has 2 heterocycles. The number of amides is 1. The molecule has 1 atom stereocenters. The number of carbonyl (C=O) groups is 1. The van der Waals surface area contributed by atoms with E-state index < -0.39 is 0 Å². The molecule has 5 heteroatoms. The van der Waals surface area contributed by atoms with Gasteiger partial charge in [0.25, 0.3) is 0 Å². The fraction of sp³-hybridized carbons (Fsp3) is 0.350. The average Bonchev–Trinajstić information content (AvgIpc) is 3.10. The molecule has 4 rings (SSSR count). The number of hydrogen-bond acceptors (Lipinski definition) is 4. The third kappa shape index (κ3) is 3.27. The van der Waals surface area contributed by atoms with E-state index >= 15 is 0 Å². The Kier molecular flexibility index (Phi) is 4.22. The fourth-order valence-electron chi connectivity index (χ4n) is 3.46. The van der Waals surface area contributed by atoms with Crippen LogP contribution in [0.3, 0.4) is 0 Å². The number of para-hydroxylation sites is 1. The zero-order chi connectivity index (χ0) is 17.2. The van der Waals surface area contributed by atoms with E-state index in [1.54, 1.807) is 0 Å². The molecule has 1 amide bonds. The second-order valence-corrected chi connectivity index (χ2v) is 6.61. The maximum Gasteiger partial charge on any atom is 0.239 e. The first-order valence-electron chi connectivity index (χ1n) is 8.70. The van der Waals surface area contributed by atoms with Crippen molar-refractivity contribution in [2.24, 2.45) is 0 Å². The maximum atomic E-state index is 12.5. The normalized spacial score (nSPS) is 18.0. The summed E-state index contributed by atoms with van der Waals surface area (Å²) in [6.45, 7) is 3.31. The van der Waals surface area contributed by atoms with E-state index in [0.29, 0.717) is 19.1 Å². The Balaban J connectivity index is 1.39. The van der Waals surface area contributed by atoms with Gasteiger partial charge in [0.05, 0.1) is 6.54 Å². The summed E-state index contributed by atoms with van der Waals surface area (Å²) in [5.41, 5.74) is 3.51. The van der Waals surface area contributed by atoms with E-state index in [-0.39, 0.29) is 12.7 Å². The highest BCUT2D eigenvalue weighted by Gasteiger charge is 2.24. The van der Waals surface area contributed by atoms with Gasteiger partial charge in [-0.25, -0.2) is 0 Å². The highest BCUT2D eigenvalue weighted by Crippen LogP contribution is 2.32.